The summed E-state index contributed by atoms with van der Waals surface area (Å²) in [5, 5.41) is 0. The third-order valence-electron chi connectivity index (χ3n) is 5.68. The highest BCUT2D eigenvalue weighted by Crippen LogP contribution is 2.34. The maximum Gasteiger partial charge on any atom is 0.244 e. The van der Waals surface area contributed by atoms with Crippen LogP contribution in [0.4, 0.5) is 8.78 Å². The fourth-order valence-corrected chi connectivity index (χ4v) is 4.10. The lowest BCUT2D eigenvalue weighted by Gasteiger charge is -2.23. The van der Waals surface area contributed by atoms with Gasteiger partial charge in [-0.1, -0.05) is 0 Å². The number of amides is 1. The molecule has 3 heterocycles. The van der Waals surface area contributed by atoms with Crippen LogP contribution in [0.3, 0.4) is 0 Å². The number of primary amides is 1. The van der Waals surface area contributed by atoms with Crippen LogP contribution in [-0.4, -0.2) is 25.9 Å². The predicted molar refractivity (Wildman–Crippen MR) is 123 cm³/mol. The van der Waals surface area contributed by atoms with Crippen LogP contribution in [0.2, 0.25) is 0 Å². The van der Waals surface area contributed by atoms with Crippen LogP contribution >= 0.6 is 0 Å². The van der Waals surface area contributed by atoms with Crippen molar-refractivity contribution < 1.29 is 13.6 Å². The molecule has 0 saturated carbocycles. The first kappa shape index (κ1) is 20.8. The van der Waals surface area contributed by atoms with Gasteiger partial charge in [0.1, 0.15) is 17.1 Å². The molecule has 0 aliphatic heterocycles. The Labute approximate surface area is 188 Å². The molecule has 164 valence electrons. The second kappa shape index (κ2) is 7.78. The number of carbonyl (C=O) groups is 1. The zero-order valence-corrected chi connectivity index (χ0v) is 17.8. The summed E-state index contributed by atoms with van der Waals surface area (Å²) in [5.41, 5.74) is 9.29. The molecule has 0 spiro atoms. The fraction of sp³-hybridized carbons (Fsp3) is 0.115. The van der Waals surface area contributed by atoms with Crippen molar-refractivity contribution in [1.29, 1.82) is 0 Å². The lowest BCUT2D eigenvalue weighted by molar-refractivity contribution is -0.115. The number of hydrogen-bond acceptors (Lipinski definition) is 3. The van der Waals surface area contributed by atoms with Crippen LogP contribution in [0.1, 0.15) is 18.9 Å². The van der Waals surface area contributed by atoms with Gasteiger partial charge in [0, 0.05) is 35.5 Å². The summed E-state index contributed by atoms with van der Waals surface area (Å²) in [6, 6.07) is 13.7. The molecule has 1 aromatic carbocycles. The number of rotatable bonds is 4. The van der Waals surface area contributed by atoms with Gasteiger partial charge < -0.3 is 5.73 Å². The van der Waals surface area contributed by atoms with Crippen molar-refractivity contribution in [2.45, 2.75) is 19.0 Å². The van der Waals surface area contributed by atoms with E-state index in [-0.39, 0.29) is 17.8 Å². The molecule has 1 atom stereocenters. The molecule has 0 saturated heterocycles. The van der Waals surface area contributed by atoms with E-state index in [9.17, 15) is 13.6 Å². The molecule has 5 nitrogen and oxygen atoms in total. The SMILES string of the molecule is CC1(F)C=C(c2ccn3c(-c4ccnc(-c5ccc(F)cc5)c4)cnc3c2)C=C(C(N)=O)C1. The third kappa shape index (κ3) is 4.05. The number of alkyl halides is 1. The monoisotopic (exact) mass is 442 g/mol. The van der Waals surface area contributed by atoms with Gasteiger partial charge in [0.05, 0.1) is 17.6 Å². The highest BCUT2D eigenvalue weighted by molar-refractivity contribution is 5.97. The number of aromatic nitrogens is 3. The maximum absolute atomic E-state index is 14.8. The van der Waals surface area contributed by atoms with Gasteiger partial charge in [-0.15, -0.1) is 0 Å². The number of imidazole rings is 1. The number of hydrogen-bond donors (Lipinski definition) is 1. The number of fused-ring (bicyclic) bond motifs is 1. The molecule has 2 N–H and O–H groups in total. The van der Waals surface area contributed by atoms with Crippen LogP contribution in [-0.2, 0) is 4.79 Å². The van der Waals surface area contributed by atoms with E-state index in [1.165, 1.54) is 25.1 Å². The lowest BCUT2D eigenvalue weighted by atomic mass is 9.86. The summed E-state index contributed by atoms with van der Waals surface area (Å²) >= 11 is 0. The minimum Gasteiger partial charge on any atom is -0.366 e. The van der Waals surface area contributed by atoms with Crippen LogP contribution in [0.15, 0.2) is 84.8 Å². The average Bonchev–Trinajstić information content (AvgIpc) is 3.22. The predicted octanol–water partition coefficient (Wildman–Crippen LogP) is 5.13. The molecule has 1 aliphatic rings. The topological polar surface area (TPSA) is 73.3 Å². The van der Waals surface area contributed by atoms with Crippen molar-refractivity contribution in [3.05, 3.63) is 96.2 Å². The second-order valence-corrected chi connectivity index (χ2v) is 8.31. The normalized spacial score (nSPS) is 18.2. The summed E-state index contributed by atoms with van der Waals surface area (Å²) in [6.45, 7) is 1.43. The van der Waals surface area contributed by atoms with Crippen LogP contribution < -0.4 is 5.73 Å². The first-order valence-electron chi connectivity index (χ1n) is 10.4. The Bertz CT molecular complexity index is 1450. The third-order valence-corrected chi connectivity index (χ3v) is 5.68. The Kier molecular flexibility index (Phi) is 4.89. The Morgan fingerprint density at radius 2 is 1.85 bits per heavy atom. The van der Waals surface area contributed by atoms with Gasteiger partial charge in [-0.25, -0.2) is 13.8 Å². The van der Waals surface area contributed by atoms with Gasteiger partial charge in [0.25, 0.3) is 0 Å². The van der Waals surface area contributed by atoms with Crippen molar-refractivity contribution in [2.24, 2.45) is 5.73 Å². The minimum absolute atomic E-state index is 0.0416. The highest BCUT2D eigenvalue weighted by Gasteiger charge is 2.29. The Hall–Kier alpha value is -4.13. The van der Waals surface area contributed by atoms with Crippen molar-refractivity contribution in [1.82, 2.24) is 14.4 Å². The Morgan fingerprint density at radius 1 is 1.06 bits per heavy atom. The lowest BCUT2D eigenvalue weighted by Crippen LogP contribution is -2.25. The Morgan fingerprint density at radius 3 is 2.61 bits per heavy atom. The number of allylic oxidation sites excluding steroid dienone is 3. The first-order valence-corrected chi connectivity index (χ1v) is 10.4. The minimum atomic E-state index is -1.66. The van der Waals surface area contributed by atoms with Crippen molar-refractivity contribution >= 4 is 17.1 Å². The molecule has 0 fully saturated rings. The maximum atomic E-state index is 14.8. The van der Waals surface area contributed by atoms with E-state index in [2.05, 4.69) is 9.97 Å². The van der Waals surface area contributed by atoms with Gasteiger partial charge in [0.2, 0.25) is 5.91 Å². The van der Waals surface area contributed by atoms with E-state index in [0.29, 0.717) is 11.2 Å². The summed E-state index contributed by atoms with van der Waals surface area (Å²) in [7, 11) is 0. The van der Waals surface area contributed by atoms with E-state index in [0.717, 1.165) is 28.1 Å². The average molecular weight is 442 g/mol. The van der Waals surface area contributed by atoms with Gasteiger partial charge in [-0.05, 0) is 78.7 Å². The van der Waals surface area contributed by atoms with Gasteiger partial charge in [-0.3, -0.25) is 14.2 Å². The summed E-state index contributed by atoms with van der Waals surface area (Å²) < 4.78 is 30.0. The number of carbonyl (C=O) groups excluding carboxylic acids is 1. The number of nitrogens with zero attached hydrogens (tertiary/aromatic N) is 3. The van der Waals surface area contributed by atoms with E-state index in [1.807, 2.05) is 34.9 Å². The van der Waals surface area contributed by atoms with Crippen molar-refractivity contribution in [3.63, 3.8) is 0 Å². The van der Waals surface area contributed by atoms with Gasteiger partial charge in [0.15, 0.2) is 0 Å². The van der Waals surface area contributed by atoms with Crippen LogP contribution in [0.5, 0.6) is 0 Å². The van der Waals surface area contributed by atoms with E-state index >= 15 is 0 Å². The molecule has 5 rings (SSSR count). The standard InChI is InChI=1S/C26H20F2N4O/c1-26(28)13-19(10-20(14-26)25(29)33)17-7-9-32-23(15-31-24(32)12-17)18-6-8-30-22(11-18)16-2-4-21(27)5-3-16/h2-13,15H,14H2,1H3,(H2,29,33). The molecule has 0 radical (unpaired) electrons. The molecule has 1 amide bonds. The number of benzene rings is 1. The second-order valence-electron chi connectivity index (χ2n) is 8.31. The van der Waals surface area contributed by atoms with Crippen molar-refractivity contribution in [3.8, 4) is 22.5 Å². The largest absolute Gasteiger partial charge is 0.366 e. The summed E-state index contributed by atoms with van der Waals surface area (Å²) in [5.74, 6) is -0.922. The molecule has 0 bridgehead atoms. The van der Waals surface area contributed by atoms with Crippen LogP contribution in [0, 0.1) is 5.82 Å². The molecule has 7 heteroatoms. The number of pyridine rings is 2. The van der Waals surface area contributed by atoms with Gasteiger partial charge >= 0.3 is 0 Å². The smallest absolute Gasteiger partial charge is 0.244 e. The van der Waals surface area contributed by atoms with E-state index in [4.69, 9.17) is 5.73 Å². The highest BCUT2D eigenvalue weighted by atomic mass is 19.1. The first-order chi connectivity index (χ1) is 15.8. The van der Waals surface area contributed by atoms with Gasteiger partial charge in [-0.2, -0.15) is 0 Å². The molecule has 1 aliphatic carbocycles. The molecule has 33 heavy (non-hydrogen) atoms. The van der Waals surface area contributed by atoms with E-state index in [1.54, 1.807) is 30.6 Å². The quantitative estimate of drug-likeness (QED) is 0.476. The molecule has 3 aromatic heterocycles. The zero-order chi connectivity index (χ0) is 23.2. The molecule has 1 unspecified atom stereocenters. The molecule has 4 aromatic rings. The molecular formula is C26H20F2N4O. The zero-order valence-electron chi connectivity index (χ0n) is 17.8. The van der Waals surface area contributed by atoms with Crippen molar-refractivity contribution in [2.75, 3.05) is 0 Å². The van der Waals surface area contributed by atoms with E-state index < -0.39 is 11.6 Å². The van der Waals surface area contributed by atoms with Crippen LogP contribution in [0.25, 0.3) is 33.7 Å². The number of nitrogens with two attached hydrogens (primary N) is 1. The molecular weight excluding hydrogens is 422 g/mol. The Balaban J connectivity index is 1.53. The number of halogens is 2. The summed E-state index contributed by atoms with van der Waals surface area (Å²) in [4.78, 5) is 20.6. The summed E-state index contributed by atoms with van der Waals surface area (Å²) in [6.07, 6.45) is 8.41. The fourth-order valence-electron chi connectivity index (χ4n) is 4.10.